The van der Waals surface area contributed by atoms with Crippen molar-refractivity contribution in [3.8, 4) is 0 Å². The van der Waals surface area contributed by atoms with Gasteiger partial charge in [-0.2, -0.15) is 13.2 Å². The Balaban J connectivity index is 1.93. The minimum Gasteiger partial charge on any atom is -0.463 e. The zero-order valence-electron chi connectivity index (χ0n) is 12.0. The predicted octanol–water partition coefficient (Wildman–Crippen LogP) is 4.77. The summed E-state index contributed by atoms with van der Waals surface area (Å²) in [5.74, 6) is 0.447. The first-order valence-corrected chi connectivity index (χ1v) is 8.09. The molecular formula is C17H13BrF3NO. The van der Waals surface area contributed by atoms with E-state index in [2.05, 4.69) is 20.9 Å². The Morgan fingerprint density at radius 1 is 1.09 bits per heavy atom. The fourth-order valence-electron chi connectivity index (χ4n) is 2.46. The van der Waals surface area contributed by atoms with Crippen molar-refractivity contribution in [2.75, 3.05) is 11.9 Å². The lowest BCUT2D eigenvalue weighted by atomic mass is 9.94. The highest BCUT2D eigenvalue weighted by Crippen LogP contribution is 2.37. The zero-order chi connectivity index (χ0) is 16.5. The monoisotopic (exact) mass is 383 g/mol. The second-order valence-electron chi connectivity index (χ2n) is 5.30. The molecule has 0 bridgehead atoms. The molecular weight excluding hydrogens is 371 g/mol. The Labute approximate surface area is 140 Å². The quantitative estimate of drug-likeness (QED) is 0.699. The van der Waals surface area contributed by atoms with Crippen LogP contribution in [0.3, 0.4) is 0 Å². The van der Waals surface area contributed by atoms with E-state index in [0.717, 1.165) is 17.7 Å². The average Bonchev–Trinajstić information content (AvgIpc) is 3.01. The largest absolute Gasteiger partial charge is 0.463 e. The maximum Gasteiger partial charge on any atom is 0.416 e. The van der Waals surface area contributed by atoms with E-state index < -0.39 is 17.3 Å². The third-order valence-electron chi connectivity index (χ3n) is 3.72. The molecule has 1 aliphatic heterocycles. The van der Waals surface area contributed by atoms with Crippen molar-refractivity contribution in [2.45, 2.75) is 11.8 Å². The van der Waals surface area contributed by atoms with Gasteiger partial charge in [-0.1, -0.05) is 46.3 Å². The maximum atomic E-state index is 12.9. The SMILES string of the molecule is FC(F)(F)c1cccc([C@]2(CBr)CN=C(c3ccccc3)O2)c1. The molecule has 0 radical (unpaired) electrons. The van der Waals surface area contributed by atoms with Gasteiger partial charge in [0.05, 0.1) is 12.1 Å². The molecule has 1 aliphatic rings. The first-order valence-electron chi connectivity index (χ1n) is 6.97. The number of hydrogen-bond donors (Lipinski definition) is 0. The van der Waals surface area contributed by atoms with Gasteiger partial charge in [0.15, 0.2) is 5.60 Å². The lowest BCUT2D eigenvalue weighted by Crippen LogP contribution is -2.32. The van der Waals surface area contributed by atoms with Crippen molar-refractivity contribution in [1.29, 1.82) is 0 Å². The lowest BCUT2D eigenvalue weighted by Gasteiger charge is -2.27. The number of aliphatic imine (C=N–C) groups is 1. The summed E-state index contributed by atoms with van der Waals surface area (Å²) >= 11 is 3.37. The fraction of sp³-hybridized carbons (Fsp3) is 0.235. The summed E-state index contributed by atoms with van der Waals surface area (Å²) in [5, 5.41) is 0.348. The van der Waals surface area contributed by atoms with E-state index in [0.29, 0.717) is 16.8 Å². The Bertz CT molecular complexity index is 730. The third kappa shape index (κ3) is 3.13. The molecule has 2 nitrogen and oxygen atoms in total. The van der Waals surface area contributed by atoms with Crippen LogP contribution < -0.4 is 0 Å². The molecule has 2 aromatic carbocycles. The van der Waals surface area contributed by atoms with Gasteiger partial charge in [-0.15, -0.1) is 0 Å². The Hall–Kier alpha value is -1.82. The molecule has 0 unspecified atom stereocenters. The Morgan fingerprint density at radius 3 is 2.48 bits per heavy atom. The van der Waals surface area contributed by atoms with Gasteiger partial charge in [0.2, 0.25) is 5.90 Å². The summed E-state index contributed by atoms with van der Waals surface area (Å²) in [6.07, 6.45) is -4.38. The van der Waals surface area contributed by atoms with Crippen molar-refractivity contribution in [2.24, 2.45) is 4.99 Å². The van der Waals surface area contributed by atoms with Gasteiger partial charge in [-0.25, -0.2) is 4.99 Å². The Morgan fingerprint density at radius 2 is 1.83 bits per heavy atom. The van der Waals surface area contributed by atoms with Crippen molar-refractivity contribution >= 4 is 21.8 Å². The lowest BCUT2D eigenvalue weighted by molar-refractivity contribution is -0.137. The molecule has 0 aromatic heterocycles. The van der Waals surface area contributed by atoms with Crippen molar-refractivity contribution in [3.05, 3.63) is 71.3 Å². The summed E-state index contributed by atoms with van der Waals surface area (Å²) in [5.41, 5.74) is -0.347. The maximum absolute atomic E-state index is 12.9. The molecule has 23 heavy (non-hydrogen) atoms. The van der Waals surface area contributed by atoms with Gasteiger partial charge in [-0.05, 0) is 29.8 Å². The summed E-state index contributed by atoms with van der Waals surface area (Å²) in [6.45, 7) is 0.268. The van der Waals surface area contributed by atoms with Crippen LogP contribution in [0.5, 0.6) is 0 Å². The molecule has 0 saturated heterocycles. The van der Waals surface area contributed by atoms with Gasteiger partial charge in [0.25, 0.3) is 0 Å². The van der Waals surface area contributed by atoms with E-state index in [1.54, 1.807) is 6.07 Å². The van der Waals surface area contributed by atoms with Crippen LogP contribution in [0.2, 0.25) is 0 Å². The molecule has 120 valence electrons. The highest BCUT2D eigenvalue weighted by Gasteiger charge is 2.41. The van der Waals surface area contributed by atoms with Crippen molar-refractivity contribution in [1.82, 2.24) is 0 Å². The summed E-state index contributed by atoms with van der Waals surface area (Å²) in [7, 11) is 0. The van der Waals surface area contributed by atoms with E-state index in [9.17, 15) is 13.2 Å². The van der Waals surface area contributed by atoms with Gasteiger partial charge < -0.3 is 4.74 Å². The van der Waals surface area contributed by atoms with Gasteiger partial charge in [-0.3, -0.25) is 0 Å². The van der Waals surface area contributed by atoms with Crippen molar-refractivity contribution < 1.29 is 17.9 Å². The highest BCUT2D eigenvalue weighted by atomic mass is 79.9. The van der Waals surface area contributed by atoms with E-state index in [-0.39, 0.29) is 6.54 Å². The first kappa shape index (κ1) is 16.1. The number of ether oxygens (including phenoxy) is 1. The normalized spacial score (nSPS) is 21.0. The second kappa shape index (κ2) is 6.00. The molecule has 0 N–H and O–H groups in total. The zero-order valence-corrected chi connectivity index (χ0v) is 13.6. The molecule has 0 saturated carbocycles. The standard InChI is InChI=1S/C17H13BrF3NO/c18-10-16(13-7-4-8-14(9-13)17(19,20)21)11-22-15(23-16)12-5-2-1-3-6-12/h1-9H,10-11H2/t16-/m0/s1. The minimum absolute atomic E-state index is 0.268. The highest BCUT2D eigenvalue weighted by molar-refractivity contribution is 9.09. The van der Waals surface area contributed by atoms with Gasteiger partial charge in [0, 0.05) is 10.9 Å². The molecule has 2 aromatic rings. The van der Waals surface area contributed by atoms with E-state index in [1.807, 2.05) is 30.3 Å². The fourth-order valence-corrected chi connectivity index (χ4v) is 3.07. The third-order valence-corrected chi connectivity index (χ3v) is 4.63. The number of benzene rings is 2. The topological polar surface area (TPSA) is 21.6 Å². The van der Waals surface area contributed by atoms with Crippen LogP contribution in [0.15, 0.2) is 59.6 Å². The smallest absolute Gasteiger partial charge is 0.416 e. The first-order chi connectivity index (χ1) is 10.9. The van der Waals surface area contributed by atoms with Crippen LogP contribution in [0.1, 0.15) is 16.7 Å². The number of halogens is 4. The van der Waals surface area contributed by atoms with Crippen LogP contribution >= 0.6 is 15.9 Å². The molecule has 3 rings (SSSR count). The van der Waals surface area contributed by atoms with Crippen LogP contribution in [0.4, 0.5) is 13.2 Å². The second-order valence-corrected chi connectivity index (χ2v) is 5.86. The van der Waals surface area contributed by atoms with E-state index >= 15 is 0 Å². The molecule has 0 aliphatic carbocycles. The van der Waals surface area contributed by atoms with Crippen molar-refractivity contribution in [3.63, 3.8) is 0 Å². The number of alkyl halides is 4. The number of rotatable bonds is 3. The summed E-state index contributed by atoms with van der Waals surface area (Å²) in [4.78, 5) is 4.38. The molecule has 1 atom stereocenters. The molecule has 6 heteroatoms. The van der Waals surface area contributed by atoms with Gasteiger partial charge in [0.1, 0.15) is 0 Å². The van der Waals surface area contributed by atoms with Crippen LogP contribution in [0.25, 0.3) is 0 Å². The predicted molar refractivity (Wildman–Crippen MR) is 85.8 cm³/mol. The van der Waals surface area contributed by atoms with Crippen LogP contribution in [-0.2, 0) is 16.5 Å². The number of hydrogen-bond acceptors (Lipinski definition) is 2. The summed E-state index contributed by atoms with van der Waals surface area (Å²) < 4.78 is 44.8. The molecule has 0 amide bonds. The molecule has 0 fully saturated rings. The van der Waals surface area contributed by atoms with Crippen LogP contribution in [-0.4, -0.2) is 17.8 Å². The molecule has 1 heterocycles. The minimum atomic E-state index is -4.38. The summed E-state index contributed by atoms with van der Waals surface area (Å²) in [6, 6.07) is 14.5. The van der Waals surface area contributed by atoms with E-state index in [4.69, 9.17) is 4.74 Å². The number of nitrogens with zero attached hydrogens (tertiary/aromatic N) is 1. The van der Waals surface area contributed by atoms with E-state index in [1.165, 1.54) is 6.07 Å². The Kier molecular flexibility index (Phi) is 4.19. The van der Waals surface area contributed by atoms with Crippen LogP contribution in [0, 0.1) is 0 Å². The molecule has 0 spiro atoms. The van der Waals surface area contributed by atoms with Gasteiger partial charge >= 0.3 is 6.18 Å². The average molecular weight is 384 g/mol.